The molecule has 2 heterocycles. The van der Waals surface area contributed by atoms with Gasteiger partial charge in [0.05, 0.1) is 12.3 Å². The Morgan fingerprint density at radius 3 is 2.75 bits per heavy atom. The summed E-state index contributed by atoms with van der Waals surface area (Å²) in [5, 5.41) is 13.5. The summed E-state index contributed by atoms with van der Waals surface area (Å²) < 4.78 is 1.73. The summed E-state index contributed by atoms with van der Waals surface area (Å²) in [6, 6.07) is 5.70. The van der Waals surface area contributed by atoms with E-state index in [1.807, 2.05) is 38.2 Å². The maximum Gasteiger partial charge on any atom is 0.153 e. The first-order valence-corrected chi connectivity index (χ1v) is 5.36. The third-order valence-electron chi connectivity index (χ3n) is 2.43. The third kappa shape index (κ3) is 2.12. The van der Waals surface area contributed by atoms with E-state index in [1.54, 1.807) is 4.68 Å². The predicted octanol–water partition coefficient (Wildman–Crippen LogP) is 1.63. The standard InChI is InChI=1S/C12H15N3O/c1-3-11-6-10(8-16)7-12(13-11)15-5-4-9(2)14-15/h4-7,16H,3,8H2,1-2H3. The highest BCUT2D eigenvalue weighted by atomic mass is 16.3. The Kier molecular flexibility index (Phi) is 3.01. The van der Waals surface area contributed by atoms with E-state index in [1.165, 1.54) is 0 Å². The van der Waals surface area contributed by atoms with Gasteiger partial charge in [0.1, 0.15) is 0 Å². The van der Waals surface area contributed by atoms with Crippen molar-refractivity contribution in [3.05, 3.63) is 41.3 Å². The lowest BCUT2D eigenvalue weighted by Gasteiger charge is -2.06. The molecule has 84 valence electrons. The summed E-state index contributed by atoms with van der Waals surface area (Å²) in [5.41, 5.74) is 2.79. The Hall–Kier alpha value is -1.68. The summed E-state index contributed by atoms with van der Waals surface area (Å²) in [6.07, 6.45) is 2.72. The van der Waals surface area contributed by atoms with Crippen LogP contribution < -0.4 is 0 Å². The van der Waals surface area contributed by atoms with Gasteiger partial charge in [-0.1, -0.05) is 6.92 Å². The van der Waals surface area contributed by atoms with Gasteiger partial charge in [-0.15, -0.1) is 0 Å². The molecule has 0 spiro atoms. The number of pyridine rings is 1. The molecule has 0 amide bonds. The molecule has 0 saturated heterocycles. The van der Waals surface area contributed by atoms with Crippen molar-refractivity contribution >= 4 is 0 Å². The van der Waals surface area contributed by atoms with Crippen LogP contribution in [-0.4, -0.2) is 19.9 Å². The van der Waals surface area contributed by atoms with Gasteiger partial charge in [-0.05, 0) is 37.1 Å². The maximum absolute atomic E-state index is 9.18. The van der Waals surface area contributed by atoms with Gasteiger partial charge in [-0.2, -0.15) is 5.10 Å². The fraction of sp³-hybridized carbons (Fsp3) is 0.333. The van der Waals surface area contributed by atoms with Crippen LogP contribution in [0.2, 0.25) is 0 Å². The first kappa shape index (κ1) is 10.8. The molecule has 2 rings (SSSR count). The second-order valence-electron chi connectivity index (χ2n) is 3.74. The van der Waals surface area contributed by atoms with Crippen LogP contribution in [0.4, 0.5) is 0 Å². The maximum atomic E-state index is 9.18. The van der Waals surface area contributed by atoms with Crippen molar-refractivity contribution in [3.63, 3.8) is 0 Å². The fourth-order valence-electron chi connectivity index (χ4n) is 1.57. The highest BCUT2D eigenvalue weighted by Gasteiger charge is 2.04. The van der Waals surface area contributed by atoms with Crippen molar-refractivity contribution in [1.82, 2.24) is 14.8 Å². The molecule has 0 saturated carbocycles. The molecular weight excluding hydrogens is 202 g/mol. The van der Waals surface area contributed by atoms with Crippen LogP contribution in [0.15, 0.2) is 24.4 Å². The van der Waals surface area contributed by atoms with Crippen molar-refractivity contribution in [2.45, 2.75) is 26.9 Å². The fourth-order valence-corrected chi connectivity index (χ4v) is 1.57. The summed E-state index contributed by atoms with van der Waals surface area (Å²) in [4.78, 5) is 4.47. The monoisotopic (exact) mass is 217 g/mol. The van der Waals surface area contributed by atoms with Gasteiger partial charge in [-0.3, -0.25) is 0 Å². The van der Waals surface area contributed by atoms with E-state index in [-0.39, 0.29) is 6.61 Å². The van der Waals surface area contributed by atoms with Gasteiger partial charge < -0.3 is 5.11 Å². The third-order valence-corrected chi connectivity index (χ3v) is 2.43. The average molecular weight is 217 g/mol. The number of aromatic nitrogens is 3. The zero-order chi connectivity index (χ0) is 11.5. The number of aliphatic hydroxyl groups is 1. The van der Waals surface area contributed by atoms with Gasteiger partial charge in [0.2, 0.25) is 0 Å². The van der Waals surface area contributed by atoms with Gasteiger partial charge in [0.25, 0.3) is 0 Å². The Morgan fingerprint density at radius 2 is 2.19 bits per heavy atom. The molecule has 0 aliphatic rings. The molecule has 0 aromatic carbocycles. The summed E-state index contributed by atoms with van der Waals surface area (Å²) in [6.45, 7) is 4.01. The summed E-state index contributed by atoms with van der Waals surface area (Å²) >= 11 is 0. The predicted molar refractivity (Wildman–Crippen MR) is 61.4 cm³/mol. The minimum Gasteiger partial charge on any atom is -0.392 e. The molecule has 0 aliphatic heterocycles. The Morgan fingerprint density at radius 1 is 1.38 bits per heavy atom. The molecule has 1 N–H and O–H groups in total. The molecule has 0 radical (unpaired) electrons. The molecule has 2 aromatic rings. The number of rotatable bonds is 3. The molecule has 0 unspecified atom stereocenters. The zero-order valence-electron chi connectivity index (χ0n) is 9.51. The summed E-state index contributed by atoms with van der Waals surface area (Å²) in [7, 11) is 0. The lowest BCUT2D eigenvalue weighted by Crippen LogP contribution is -2.03. The van der Waals surface area contributed by atoms with Gasteiger partial charge in [0.15, 0.2) is 5.82 Å². The molecule has 0 aliphatic carbocycles. The molecule has 0 atom stereocenters. The van der Waals surface area contributed by atoms with Gasteiger partial charge in [0, 0.05) is 11.9 Å². The van der Waals surface area contributed by atoms with Crippen LogP contribution in [0.25, 0.3) is 5.82 Å². The van der Waals surface area contributed by atoms with Crippen molar-refractivity contribution in [2.75, 3.05) is 0 Å². The topological polar surface area (TPSA) is 50.9 Å². The Balaban J connectivity index is 2.47. The first-order valence-electron chi connectivity index (χ1n) is 5.36. The second-order valence-corrected chi connectivity index (χ2v) is 3.74. The lowest BCUT2D eigenvalue weighted by atomic mass is 10.2. The van der Waals surface area contributed by atoms with Crippen LogP contribution in [0.3, 0.4) is 0 Å². The quantitative estimate of drug-likeness (QED) is 0.850. The van der Waals surface area contributed by atoms with Gasteiger partial charge >= 0.3 is 0 Å². The normalized spacial score (nSPS) is 10.7. The van der Waals surface area contributed by atoms with Crippen LogP contribution in [0.5, 0.6) is 0 Å². The SMILES string of the molecule is CCc1cc(CO)cc(-n2ccc(C)n2)n1. The van der Waals surface area contributed by atoms with E-state index in [0.29, 0.717) is 0 Å². The molecule has 2 aromatic heterocycles. The van der Waals surface area contributed by atoms with E-state index < -0.39 is 0 Å². The van der Waals surface area contributed by atoms with Crippen LogP contribution in [-0.2, 0) is 13.0 Å². The highest BCUT2D eigenvalue weighted by Crippen LogP contribution is 2.11. The van der Waals surface area contributed by atoms with Crippen LogP contribution >= 0.6 is 0 Å². The first-order chi connectivity index (χ1) is 7.72. The van der Waals surface area contributed by atoms with Crippen molar-refractivity contribution in [2.24, 2.45) is 0 Å². The average Bonchev–Trinajstić information content (AvgIpc) is 2.75. The molecular formula is C12H15N3O. The van der Waals surface area contributed by atoms with E-state index >= 15 is 0 Å². The minimum absolute atomic E-state index is 0.0305. The lowest BCUT2D eigenvalue weighted by molar-refractivity contribution is 0.281. The van der Waals surface area contributed by atoms with Gasteiger partial charge in [-0.25, -0.2) is 9.67 Å². The number of hydrogen-bond acceptors (Lipinski definition) is 3. The Labute approximate surface area is 94.6 Å². The van der Waals surface area contributed by atoms with E-state index in [4.69, 9.17) is 0 Å². The van der Waals surface area contributed by atoms with Crippen molar-refractivity contribution in [1.29, 1.82) is 0 Å². The minimum atomic E-state index is 0.0305. The second kappa shape index (κ2) is 4.45. The summed E-state index contributed by atoms with van der Waals surface area (Å²) in [5.74, 6) is 0.761. The van der Waals surface area contributed by atoms with Crippen molar-refractivity contribution in [3.8, 4) is 5.82 Å². The van der Waals surface area contributed by atoms with E-state index in [2.05, 4.69) is 10.1 Å². The number of nitrogens with zero attached hydrogens (tertiary/aromatic N) is 3. The Bertz CT molecular complexity index is 469. The van der Waals surface area contributed by atoms with Crippen LogP contribution in [0.1, 0.15) is 23.9 Å². The van der Waals surface area contributed by atoms with Crippen molar-refractivity contribution < 1.29 is 5.11 Å². The number of hydrogen-bond donors (Lipinski definition) is 1. The highest BCUT2D eigenvalue weighted by molar-refractivity contribution is 5.30. The molecule has 16 heavy (non-hydrogen) atoms. The largest absolute Gasteiger partial charge is 0.392 e. The van der Waals surface area contributed by atoms with E-state index in [0.717, 1.165) is 29.2 Å². The smallest absolute Gasteiger partial charge is 0.153 e. The molecule has 4 heteroatoms. The van der Waals surface area contributed by atoms with E-state index in [9.17, 15) is 5.11 Å². The number of aryl methyl sites for hydroxylation is 2. The zero-order valence-corrected chi connectivity index (χ0v) is 9.51. The molecule has 0 bridgehead atoms. The molecule has 0 fully saturated rings. The number of aliphatic hydroxyl groups excluding tert-OH is 1. The van der Waals surface area contributed by atoms with Crippen LogP contribution in [0, 0.1) is 6.92 Å². The molecule has 4 nitrogen and oxygen atoms in total.